The van der Waals surface area contributed by atoms with Crippen LogP contribution in [0.1, 0.15) is 43.4 Å². The maximum Gasteiger partial charge on any atom is 0.229 e. The van der Waals surface area contributed by atoms with Crippen molar-refractivity contribution in [3.05, 3.63) is 29.5 Å². The molecule has 4 heterocycles. The molecule has 0 atom stereocenters. The Bertz CT molecular complexity index is 941. The molecule has 178 valence electrons. The van der Waals surface area contributed by atoms with E-state index in [1.807, 2.05) is 19.1 Å². The number of hydrogen-bond donors (Lipinski definition) is 3. The highest BCUT2D eigenvalue weighted by Gasteiger charge is 2.20. The molecule has 8 heteroatoms. The SMILES string of the molecule is Cc1cc(NC2CCNCC2)nc(Nc2cc3c(c(OCCCN4CCCC4)c2)OCC3)n1. The highest BCUT2D eigenvalue weighted by molar-refractivity contribution is 5.64. The predicted molar refractivity (Wildman–Crippen MR) is 131 cm³/mol. The number of ether oxygens (including phenoxy) is 2. The molecular formula is C25H36N6O2. The van der Waals surface area contributed by atoms with Gasteiger partial charge in [0.25, 0.3) is 0 Å². The number of fused-ring (bicyclic) bond motifs is 1. The first kappa shape index (κ1) is 22.2. The normalized spacial score (nSPS) is 18.7. The van der Waals surface area contributed by atoms with Crippen molar-refractivity contribution in [3.63, 3.8) is 0 Å². The number of nitrogens with one attached hydrogen (secondary N) is 3. The van der Waals surface area contributed by atoms with Gasteiger partial charge >= 0.3 is 0 Å². The van der Waals surface area contributed by atoms with Crippen molar-refractivity contribution in [1.29, 1.82) is 0 Å². The number of benzene rings is 1. The van der Waals surface area contributed by atoms with Crippen molar-refractivity contribution in [2.75, 3.05) is 56.6 Å². The molecule has 3 aliphatic rings. The summed E-state index contributed by atoms with van der Waals surface area (Å²) < 4.78 is 12.1. The Balaban J connectivity index is 1.25. The van der Waals surface area contributed by atoms with Crippen molar-refractivity contribution in [1.82, 2.24) is 20.2 Å². The molecule has 1 aromatic heterocycles. The molecule has 2 aromatic rings. The van der Waals surface area contributed by atoms with Crippen LogP contribution in [0, 0.1) is 6.92 Å². The van der Waals surface area contributed by atoms with Gasteiger partial charge in [-0.05, 0) is 71.3 Å². The van der Waals surface area contributed by atoms with Crippen LogP contribution in [0.25, 0.3) is 0 Å². The van der Waals surface area contributed by atoms with E-state index in [1.54, 1.807) is 0 Å². The van der Waals surface area contributed by atoms with Crippen LogP contribution in [0.3, 0.4) is 0 Å². The zero-order valence-corrected chi connectivity index (χ0v) is 19.7. The lowest BCUT2D eigenvalue weighted by atomic mass is 10.1. The number of rotatable bonds is 9. The lowest BCUT2D eigenvalue weighted by Crippen LogP contribution is -2.35. The third-order valence-corrected chi connectivity index (χ3v) is 6.63. The summed E-state index contributed by atoms with van der Waals surface area (Å²) in [6.07, 6.45) is 6.79. The number of aromatic nitrogens is 2. The van der Waals surface area contributed by atoms with Gasteiger partial charge in [0, 0.05) is 48.1 Å². The third-order valence-electron chi connectivity index (χ3n) is 6.63. The van der Waals surface area contributed by atoms with Gasteiger partial charge < -0.3 is 30.3 Å². The molecule has 0 bridgehead atoms. The fourth-order valence-electron chi connectivity index (χ4n) is 4.93. The first-order valence-electron chi connectivity index (χ1n) is 12.5. The molecule has 0 unspecified atom stereocenters. The number of nitrogens with zero attached hydrogens (tertiary/aromatic N) is 3. The molecule has 3 aliphatic heterocycles. The molecule has 8 nitrogen and oxygen atoms in total. The van der Waals surface area contributed by atoms with E-state index in [9.17, 15) is 0 Å². The van der Waals surface area contributed by atoms with Gasteiger partial charge in [-0.2, -0.15) is 4.98 Å². The molecule has 0 radical (unpaired) electrons. The molecule has 0 saturated carbocycles. The van der Waals surface area contributed by atoms with Gasteiger partial charge in [0.05, 0.1) is 13.2 Å². The monoisotopic (exact) mass is 452 g/mol. The van der Waals surface area contributed by atoms with E-state index in [4.69, 9.17) is 14.5 Å². The minimum Gasteiger partial charge on any atom is -0.490 e. The fraction of sp³-hybridized carbons (Fsp3) is 0.600. The lowest BCUT2D eigenvalue weighted by Gasteiger charge is -2.24. The Labute approximate surface area is 196 Å². The Morgan fingerprint density at radius 3 is 2.85 bits per heavy atom. The average Bonchev–Trinajstić information content (AvgIpc) is 3.49. The summed E-state index contributed by atoms with van der Waals surface area (Å²) in [5.41, 5.74) is 3.05. The minimum absolute atomic E-state index is 0.450. The largest absolute Gasteiger partial charge is 0.490 e. The fourth-order valence-corrected chi connectivity index (χ4v) is 4.93. The van der Waals surface area contributed by atoms with Gasteiger partial charge in [-0.1, -0.05) is 0 Å². The molecule has 1 aromatic carbocycles. The van der Waals surface area contributed by atoms with Crippen LogP contribution in [-0.2, 0) is 6.42 Å². The maximum absolute atomic E-state index is 6.18. The first-order chi connectivity index (χ1) is 16.2. The van der Waals surface area contributed by atoms with Crippen LogP contribution in [0.5, 0.6) is 11.5 Å². The highest BCUT2D eigenvalue weighted by Crippen LogP contribution is 2.39. The van der Waals surface area contributed by atoms with Crippen LogP contribution >= 0.6 is 0 Å². The summed E-state index contributed by atoms with van der Waals surface area (Å²) in [6.45, 7) is 9.05. The van der Waals surface area contributed by atoms with Gasteiger partial charge in [0.1, 0.15) is 5.82 Å². The molecular weight excluding hydrogens is 416 g/mol. The van der Waals surface area contributed by atoms with Gasteiger partial charge in [-0.25, -0.2) is 4.98 Å². The van der Waals surface area contributed by atoms with Crippen molar-refractivity contribution >= 4 is 17.5 Å². The molecule has 0 aliphatic carbocycles. The van der Waals surface area contributed by atoms with Crippen LogP contribution in [0.2, 0.25) is 0 Å². The van der Waals surface area contributed by atoms with E-state index < -0.39 is 0 Å². The molecule has 2 fully saturated rings. The van der Waals surface area contributed by atoms with Crippen LogP contribution in [-0.4, -0.2) is 66.8 Å². The Kier molecular flexibility index (Phi) is 7.12. The van der Waals surface area contributed by atoms with Gasteiger partial charge in [0.15, 0.2) is 11.5 Å². The summed E-state index contributed by atoms with van der Waals surface area (Å²) in [4.78, 5) is 11.9. The van der Waals surface area contributed by atoms with E-state index in [0.29, 0.717) is 25.2 Å². The summed E-state index contributed by atoms with van der Waals surface area (Å²) in [5, 5.41) is 10.4. The Morgan fingerprint density at radius 1 is 1.15 bits per heavy atom. The van der Waals surface area contributed by atoms with Crippen LogP contribution < -0.4 is 25.4 Å². The van der Waals surface area contributed by atoms with Crippen molar-refractivity contribution < 1.29 is 9.47 Å². The van der Waals surface area contributed by atoms with E-state index >= 15 is 0 Å². The number of piperidine rings is 1. The molecule has 0 amide bonds. The summed E-state index contributed by atoms with van der Waals surface area (Å²) >= 11 is 0. The maximum atomic E-state index is 6.18. The number of hydrogen-bond acceptors (Lipinski definition) is 8. The average molecular weight is 453 g/mol. The zero-order chi connectivity index (χ0) is 22.5. The zero-order valence-electron chi connectivity index (χ0n) is 19.7. The molecule has 5 rings (SSSR count). The third kappa shape index (κ3) is 5.86. The molecule has 33 heavy (non-hydrogen) atoms. The Morgan fingerprint density at radius 2 is 2.00 bits per heavy atom. The number of likely N-dealkylation sites (tertiary alicyclic amines) is 1. The van der Waals surface area contributed by atoms with Gasteiger partial charge in [-0.15, -0.1) is 0 Å². The predicted octanol–water partition coefficient (Wildman–Crippen LogP) is 3.49. The summed E-state index contributed by atoms with van der Waals surface area (Å²) in [7, 11) is 0. The Hall–Kier alpha value is -2.58. The minimum atomic E-state index is 0.450. The molecule has 0 spiro atoms. The number of anilines is 3. The standard InChI is InChI=1S/C25H36N6O2/c1-18-15-23(28-20-5-8-26-9-6-20)30-25(27-18)29-21-16-19-7-14-33-24(19)22(17-21)32-13-4-12-31-10-2-3-11-31/h15-17,20,26H,2-14H2,1H3,(H2,27,28,29,30). The van der Waals surface area contributed by atoms with Crippen LogP contribution in [0.4, 0.5) is 17.5 Å². The van der Waals surface area contributed by atoms with E-state index in [0.717, 1.165) is 74.0 Å². The first-order valence-corrected chi connectivity index (χ1v) is 12.5. The van der Waals surface area contributed by atoms with Crippen molar-refractivity contribution in [2.45, 2.75) is 51.5 Å². The summed E-state index contributed by atoms with van der Waals surface area (Å²) in [6, 6.07) is 6.61. The topological polar surface area (TPSA) is 83.6 Å². The molecule has 3 N–H and O–H groups in total. The van der Waals surface area contributed by atoms with Gasteiger partial charge in [-0.3, -0.25) is 0 Å². The van der Waals surface area contributed by atoms with Crippen LogP contribution in [0.15, 0.2) is 18.2 Å². The van der Waals surface area contributed by atoms with Gasteiger partial charge in [0.2, 0.25) is 5.95 Å². The summed E-state index contributed by atoms with van der Waals surface area (Å²) in [5.74, 6) is 3.18. The quantitative estimate of drug-likeness (QED) is 0.499. The highest BCUT2D eigenvalue weighted by atomic mass is 16.5. The van der Waals surface area contributed by atoms with Crippen molar-refractivity contribution in [2.24, 2.45) is 0 Å². The van der Waals surface area contributed by atoms with E-state index in [1.165, 1.54) is 31.5 Å². The second-order valence-electron chi connectivity index (χ2n) is 9.32. The second-order valence-corrected chi connectivity index (χ2v) is 9.32. The van der Waals surface area contributed by atoms with Crippen molar-refractivity contribution in [3.8, 4) is 11.5 Å². The second kappa shape index (κ2) is 10.6. The van der Waals surface area contributed by atoms with E-state index in [2.05, 4.69) is 31.9 Å². The van der Waals surface area contributed by atoms with E-state index in [-0.39, 0.29) is 0 Å². The lowest BCUT2D eigenvalue weighted by molar-refractivity contribution is 0.251. The number of aryl methyl sites for hydroxylation is 1. The molecule has 2 saturated heterocycles. The smallest absolute Gasteiger partial charge is 0.229 e.